The van der Waals surface area contributed by atoms with Crippen LogP contribution < -0.4 is 10.6 Å². The van der Waals surface area contributed by atoms with E-state index in [1.807, 2.05) is 6.07 Å². The lowest BCUT2D eigenvalue weighted by Crippen LogP contribution is -2.36. The Morgan fingerprint density at radius 3 is 2.83 bits per heavy atom. The lowest BCUT2D eigenvalue weighted by Gasteiger charge is -2.04. The molecule has 0 fully saturated rings. The van der Waals surface area contributed by atoms with Crippen LogP contribution in [-0.4, -0.2) is 23.3 Å². The Hall–Kier alpha value is -2.16. The summed E-state index contributed by atoms with van der Waals surface area (Å²) in [5.74, 6) is -0.0537. The van der Waals surface area contributed by atoms with Gasteiger partial charge in [0.1, 0.15) is 16.5 Å². The van der Waals surface area contributed by atoms with Gasteiger partial charge in [0, 0.05) is 5.38 Å². The van der Waals surface area contributed by atoms with E-state index in [-0.39, 0.29) is 24.7 Å². The van der Waals surface area contributed by atoms with Crippen LogP contribution in [0.3, 0.4) is 0 Å². The Labute approximate surface area is 150 Å². The number of thiophene rings is 1. The molecule has 0 aromatic carbocycles. The topological polar surface area (TPSA) is 84.2 Å². The van der Waals surface area contributed by atoms with Gasteiger partial charge in [-0.2, -0.15) is 0 Å². The monoisotopic (exact) mass is 381 g/mol. The number of thiazole rings is 1. The quantitative estimate of drug-likeness (QED) is 0.686. The van der Waals surface area contributed by atoms with Crippen LogP contribution in [0.15, 0.2) is 40.3 Å². The summed E-state index contributed by atoms with van der Waals surface area (Å²) in [6, 6.07) is 7.14. The van der Waals surface area contributed by atoms with Crippen molar-refractivity contribution in [2.75, 3.05) is 6.54 Å². The zero-order chi connectivity index (χ0) is 16.9. The molecule has 24 heavy (non-hydrogen) atoms. The molecule has 0 bridgehead atoms. The first-order valence-electron chi connectivity index (χ1n) is 6.90. The van der Waals surface area contributed by atoms with Crippen LogP contribution in [0.2, 0.25) is 4.34 Å². The Morgan fingerprint density at radius 2 is 2.12 bits per heavy atom. The summed E-state index contributed by atoms with van der Waals surface area (Å²) < 4.78 is 5.77. The second-order valence-electron chi connectivity index (χ2n) is 4.68. The Balaban J connectivity index is 1.50. The number of hydrogen-bond donors (Lipinski definition) is 2. The molecule has 3 aromatic heterocycles. The van der Waals surface area contributed by atoms with Crippen LogP contribution in [0.25, 0.3) is 9.88 Å². The van der Waals surface area contributed by atoms with Gasteiger partial charge in [0.15, 0.2) is 0 Å². The molecule has 124 valence electrons. The highest BCUT2D eigenvalue weighted by molar-refractivity contribution is 7.23. The second-order valence-corrected chi connectivity index (χ2v) is 7.25. The van der Waals surface area contributed by atoms with Gasteiger partial charge in [-0.1, -0.05) is 11.6 Å². The summed E-state index contributed by atoms with van der Waals surface area (Å²) in [4.78, 5) is 28.9. The molecule has 0 aliphatic heterocycles. The van der Waals surface area contributed by atoms with E-state index in [1.54, 1.807) is 23.6 Å². The van der Waals surface area contributed by atoms with Crippen LogP contribution in [-0.2, 0) is 11.3 Å². The number of nitrogens with zero attached hydrogens (tertiary/aromatic N) is 1. The normalized spacial score (nSPS) is 10.5. The molecule has 0 aliphatic carbocycles. The summed E-state index contributed by atoms with van der Waals surface area (Å²) in [5, 5.41) is 7.56. The van der Waals surface area contributed by atoms with Crippen molar-refractivity contribution in [2.45, 2.75) is 6.54 Å². The van der Waals surface area contributed by atoms with Gasteiger partial charge in [0.25, 0.3) is 5.91 Å². The van der Waals surface area contributed by atoms with Crippen molar-refractivity contribution in [1.82, 2.24) is 15.6 Å². The van der Waals surface area contributed by atoms with Gasteiger partial charge in [-0.05, 0) is 24.3 Å². The van der Waals surface area contributed by atoms with E-state index in [1.165, 1.54) is 28.9 Å². The van der Waals surface area contributed by atoms with Crippen LogP contribution >= 0.6 is 34.3 Å². The Kier molecular flexibility index (Phi) is 5.29. The molecule has 0 aliphatic rings. The molecule has 0 atom stereocenters. The summed E-state index contributed by atoms with van der Waals surface area (Å²) >= 11 is 8.65. The van der Waals surface area contributed by atoms with Crippen molar-refractivity contribution in [3.63, 3.8) is 0 Å². The number of aromatic nitrogens is 1. The third-order valence-electron chi connectivity index (χ3n) is 2.97. The van der Waals surface area contributed by atoms with E-state index < -0.39 is 5.91 Å². The van der Waals surface area contributed by atoms with E-state index in [4.69, 9.17) is 16.0 Å². The first-order valence-corrected chi connectivity index (χ1v) is 8.98. The molecular formula is C15H12ClN3O3S2. The van der Waals surface area contributed by atoms with Crippen molar-refractivity contribution in [3.05, 3.63) is 51.7 Å². The van der Waals surface area contributed by atoms with Gasteiger partial charge in [0.2, 0.25) is 5.91 Å². The largest absolute Gasteiger partial charge is 0.467 e. The zero-order valence-electron chi connectivity index (χ0n) is 12.2. The van der Waals surface area contributed by atoms with Gasteiger partial charge in [-0.3, -0.25) is 9.59 Å². The molecule has 0 saturated carbocycles. The minimum absolute atomic E-state index is 0.128. The number of furan rings is 1. The van der Waals surface area contributed by atoms with Gasteiger partial charge in [0.05, 0.1) is 28.6 Å². The minimum atomic E-state index is -0.395. The van der Waals surface area contributed by atoms with Crippen molar-refractivity contribution < 1.29 is 14.0 Å². The van der Waals surface area contributed by atoms with Crippen LogP contribution in [0, 0.1) is 0 Å². The van der Waals surface area contributed by atoms with E-state index in [0.29, 0.717) is 10.1 Å². The molecule has 3 rings (SSSR count). The molecular weight excluding hydrogens is 370 g/mol. The number of rotatable bonds is 6. The first-order chi connectivity index (χ1) is 11.6. The summed E-state index contributed by atoms with van der Waals surface area (Å²) in [6.45, 7) is 0.152. The van der Waals surface area contributed by atoms with Crippen LogP contribution in [0.1, 0.15) is 16.2 Å². The van der Waals surface area contributed by atoms with Crippen molar-refractivity contribution >= 4 is 46.1 Å². The smallest absolute Gasteiger partial charge is 0.271 e. The lowest BCUT2D eigenvalue weighted by atomic mass is 10.4. The molecule has 6 nitrogen and oxygen atoms in total. The van der Waals surface area contributed by atoms with E-state index in [0.717, 1.165) is 9.88 Å². The molecule has 3 heterocycles. The second kappa shape index (κ2) is 7.61. The lowest BCUT2D eigenvalue weighted by molar-refractivity contribution is -0.120. The minimum Gasteiger partial charge on any atom is -0.467 e. The summed E-state index contributed by atoms with van der Waals surface area (Å²) in [5.41, 5.74) is 0.276. The Morgan fingerprint density at radius 1 is 1.25 bits per heavy atom. The van der Waals surface area contributed by atoms with Crippen LogP contribution in [0.4, 0.5) is 0 Å². The fourth-order valence-electron chi connectivity index (χ4n) is 1.83. The molecule has 9 heteroatoms. The predicted octanol–water partition coefficient (Wildman–Crippen LogP) is 3.16. The molecule has 2 N–H and O–H groups in total. The molecule has 0 spiro atoms. The average Bonchev–Trinajstić information content (AvgIpc) is 3.30. The van der Waals surface area contributed by atoms with E-state index >= 15 is 0 Å². The molecule has 0 saturated heterocycles. The van der Waals surface area contributed by atoms with Crippen molar-refractivity contribution in [1.29, 1.82) is 0 Å². The van der Waals surface area contributed by atoms with Gasteiger partial charge < -0.3 is 15.1 Å². The number of amides is 2. The standard InChI is InChI=1S/C15H12ClN3O3S2/c16-12-4-3-11(24-12)15-19-10(8-23-15)14(21)18-7-13(20)17-6-9-2-1-5-22-9/h1-5,8H,6-7H2,(H,17,20)(H,18,21). The van der Waals surface area contributed by atoms with Crippen LogP contribution in [0.5, 0.6) is 0 Å². The fourth-order valence-corrected chi connectivity index (χ4v) is 3.75. The molecule has 3 aromatic rings. The third-order valence-corrected chi connectivity index (χ3v) is 5.21. The Bertz CT molecular complexity index is 842. The number of carbonyl (C=O) groups excluding carboxylic acids is 2. The highest BCUT2D eigenvalue weighted by atomic mass is 35.5. The van der Waals surface area contributed by atoms with Gasteiger partial charge in [-0.25, -0.2) is 4.98 Å². The number of hydrogen-bond acceptors (Lipinski definition) is 6. The predicted molar refractivity (Wildman–Crippen MR) is 93.3 cm³/mol. The third kappa shape index (κ3) is 4.22. The summed E-state index contributed by atoms with van der Waals surface area (Å²) in [6.07, 6.45) is 1.53. The summed E-state index contributed by atoms with van der Waals surface area (Å²) in [7, 11) is 0. The molecule has 0 unspecified atom stereocenters. The maximum Gasteiger partial charge on any atom is 0.271 e. The highest BCUT2D eigenvalue weighted by Gasteiger charge is 2.14. The van der Waals surface area contributed by atoms with Crippen molar-refractivity contribution in [2.24, 2.45) is 0 Å². The first kappa shape index (κ1) is 16.7. The van der Waals surface area contributed by atoms with Gasteiger partial charge in [-0.15, -0.1) is 22.7 Å². The van der Waals surface area contributed by atoms with Gasteiger partial charge >= 0.3 is 0 Å². The number of carbonyl (C=O) groups is 2. The fraction of sp³-hybridized carbons (Fsp3) is 0.133. The SMILES string of the molecule is O=C(CNC(=O)c1csc(-c2ccc(Cl)s2)n1)NCc1ccco1. The maximum atomic E-state index is 12.0. The highest BCUT2D eigenvalue weighted by Crippen LogP contribution is 2.32. The van der Waals surface area contributed by atoms with Crippen molar-refractivity contribution in [3.8, 4) is 9.88 Å². The molecule has 2 amide bonds. The average molecular weight is 382 g/mol. The van der Waals surface area contributed by atoms with E-state index in [9.17, 15) is 9.59 Å². The van der Waals surface area contributed by atoms with E-state index in [2.05, 4.69) is 15.6 Å². The number of halogens is 1. The molecule has 0 radical (unpaired) electrons. The zero-order valence-corrected chi connectivity index (χ0v) is 14.6. The maximum absolute atomic E-state index is 12.0. The number of nitrogens with one attached hydrogen (secondary N) is 2.